The van der Waals surface area contributed by atoms with E-state index in [0.717, 1.165) is 89.4 Å². The summed E-state index contributed by atoms with van der Waals surface area (Å²) in [6, 6.07) is 68.1. The van der Waals surface area contributed by atoms with Crippen molar-refractivity contribution in [3.8, 4) is 44.8 Å². The smallest absolute Gasteiger partial charge is 0.143 e. The summed E-state index contributed by atoms with van der Waals surface area (Å²) in [5.74, 6) is 0. The zero-order chi connectivity index (χ0) is 35.1. The van der Waals surface area contributed by atoms with Gasteiger partial charge in [-0.1, -0.05) is 140 Å². The van der Waals surface area contributed by atoms with Gasteiger partial charge in [0.05, 0.1) is 11.4 Å². The minimum atomic E-state index is 0.912. The Labute approximate surface area is 307 Å². The molecule has 0 radical (unpaired) electrons. The number of furan rings is 1. The van der Waals surface area contributed by atoms with Crippen molar-refractivity contribution < 1.29 is 4.42 Å². The summed E-state index contributed by atoms with van der Waals surface area (Å²) < 4.78 is 8.50. The lowest BCUT2D eigenvalue weighted by Gasteiger charge is -2.26. The molecule has 0 N–H and O–H groups in total. The molecule has 0 saturated heterocycles. The third-order valence-electron chi connectivity index (χ3n) is 10.0. The lowest BCUT2D eigenvalue weighted by molar-refractivity contribution is 0.670. The fourth-order valence-electron chi connectivity index (χ4n) is 7.51. The molecule has 0 spiro atoms. The van der Waals surface area contributed by atoms with Crippen LogP contribution in [-0.4, -0.2) is 9.38 Å². The van der Waals surface area contributed by atoms with Crippen LogP contribution in [0.2, 0.25) is 0 Å². The maximum Gasteiger partial charge on any atom is 0.143 e. The van der Waals surface area contributed by atoms with E-state index in [2.05, 4.69) is 191 Å². The lowest BCUT2D eigenvalue weighted by Crippen LogP contribution is -2.09. The van der Waals surface area contributed by atoms with Crippen LogP contribution in [0.15, 0.2) is 205 Å². The molecule has 10 aromatic rings. The Kier molecular flexibility index (Phi) is 7.43. The summed E-state index contributed by atoms with van der Waals surface area (Å²) in [6.07, 6.45) is 2.09. The van der Waals surface area contributed by atoms with E-state index in [4.69, 9.17) is 9.40 Å². The van der Waals surface area contributed by atoms with E-state index in [0.29, 0.717) is 0 Å². The van der Waals surface area contributed by atoms with E-state index in [1.807, 2.05) is 18.2 Å². The molecule has 0 aliphatic heterocycles. The number of pyridine rings is 1. The van der Waals surface area contributed by atoms with Gasteiger partial charge in [0.2, 0.25) is 0 Å². The van der Waals surface area contributed by atoms with Crippen molar-refractivity contribution >= 4 is 44.6 Å². The van der Waals surface area contributed by atoms with E-state index in [9.17, 15) is 0 Å². The fourth-order valence-corrected chi connectivity index (χ4v) is 7.51. The quantitative estimate of drug-likeness (QED) is 0.168. The number of nitrogens with zero attached hydrogens (tertiary/aromatic N) is 3. The van der Waals surface area contributed by atoms with Crippen molar-refractivity contribution in [2.45, 2.75) is 0 Å². The molecular formula is C49H33N3O. The molecule has 4 nitrogen and oxygen atoms in total. The highest BCUT2D eigenvalue weighted by Crippen LogP contribution is 2.40. The van der Waals surface area contributed by atoms with Crippen LogP contribution in [0.4, 0.5) is 17.1 Å². The molecule has 0 saturated carbocycles. The van der Waals surface area contributed by atoms with E-state index >= 15 is 0 Å². The van der Waals surface area contributed by atoms with Crippen molar-refractivity contribution in [3.05, 3.63) is 200 Å². The maximum absolute atomic E-state index is 6.32. The van der Waals surface area contributed by atoms with Crippen molar-refractivity contribution in [2.24, 2.45) is 0 Å². The molecule has 10 rings (SSSR count). The van der Waals surface area contributed by atoms with Gasteiger partial charge in [-0.15, -0.1) is 0 Å². The van der Waals surface area contributed by atoms with E-state index in [1.54, 1.807) is 0 Å². The molecule has 250 valence electrons. The first-order valence-corrected chi connectivity index (χ1v) is 17.9. The van der Waals surface area contributed by atoms with Crippen molar-refractivity contribution in [2.75, 3.05) is 4.90 Å². The lowest BCUT2D eigenvalue weighted by atomic mass is 9.98. The van der Waals surface area contributed by atoms with Gasteiger partial charge in [-0.3, -0.25) is 4.40 Å². The van der Waals surface area contributed by atoms with Crippen LogP contribution in [0.5, 0.6) is 0 Å². The molecule has 0 bridgehead atoms. The highest BCUT2D eigenvalue weighted by molar-refractivity contribution is 6.09. The SMILES string of the molecule is c1ccc(-c2c(-c3cccc(N(c4ccccc4)c4ccc(-c5ccc(-c6cccc7c6oc6ccccc67)cc5)cc4)c3)nc3ccccn23)cc1. The van der Waals surface area contributed by atoms with Crippen molar-refractivity contribution in [1.82, 2.24) is 9.38 Å². The molecule has 0 amide bonds. The van der Waals surface area contributed by atoms with Gasteiger partial charge in [0.25, 0.3) is 0 Å². The molecule has 53 heavy (non-hydrogen) atoms. The summed E-state index contributed by atoms with van der Waals surface area (Å²) in [7, 11) is 0. The van der Waals surface area contributed by atoms with Gasteiger partial charge in [-0.05, 0) is 71.3 Å². The van der Waals surface area contributed by atoms with Crippen LogP contribution in [0.3, 0.4) is 0 Å². The first-order chi connectivity index (χ1) is 26.3. The second kappa shape index (κ2) is 12.9. The Bertz CT molecular complexity index is 2870. The number of hydrogen-bond donors (Lipinski definition) is 0. The second-order valence-electron chi connectivity index (χ2n) is 13.2. The van der Waals surface area contributed by atoms with Crippen LogP contribution in [0, 0.1) is 0 Å². The van der Waals surface area contributed by atoms with Gasteiger partial charge in [0.1, 0.15) is 16.8 Å². The normalized spacial score (nSPS) is 11.4. The van der Waals surface area contributed by atoms with E-state index < -0.39 is 0 Å². The van der Waals surface area contributed by atoms with E-state index in [1.165, 1.54) is 0 Å². The number of anilines is 3. The standard InChI is InChI=1S/C49H33N3O/c1-3-13-37(14-4-1)48-47(50-46-23-9-10-32-51(46)48)38-15-11-18-41(33-38)52(39-16-5-2-6-17-39)40-30-28-35(29-31-40)34-24-26-36(27-25-34)42-20-12-21-44-43-19-7-8-22-45(43)53-49(42)44/h1-33H. The maximum atomic E-state index is 6.32. The Morgan fingerprint density at radius 3 is 1.85 bits per heavy atom. The van der Waals surface area contributed by atoms with Crippen LogP contribution in [-0.2, 0) is 0 Å². The zero-order valence-electron chi connectivity index (χ0n) is 28.8. The number of rotatable bonds is 7. The summed E-state index contributed by atoms with van der Waals surface area (Å²) in [4.78, 5) is 7.45. The molecule has 4 heteroatoms. The summed E-state index contributed by atoms with van der Waals surface area (Å²) in [6.45, 7) is 0. The van der Waals surface area contributed by atoms with Crippen LogP contribution >= 0.6 is 0 Å². The third-order valence-corrected chi connectivity index (χ3v) is 10.0. The predicted octanol–water partition coefficient (Wildman–Crippen LogP) is 13.4. The Hall–Kier alpha value is -7.17. The average molecular weight is 680 g/mol. The van der Waals surface area contributed by atoms with Gasteiger partial charge in [-0.25, -0.2) is 4.98 Å². The number of para-hydroxylation sites is 3. The Morgan fingerprint density at radius 2 is 1.04 bits per heavy atom. The molecule has 0 aliphatic carbocycles. The minimum Gasteiger partial charge on any atom is -0.455 e. The highest BCUT2D eigenvalue weighted by atomic mass is 16.3. The second-order valence-corrected chi connectivity index (χ2v) is 13.2. The topological polar surface area (TPSA) is 33.7 Å². The Morgan fingerprint density at radius 1 is 0.434 bits per heavy atom. The van der Waals surface area contributed by atoms with Crippen molar-refractivity contribution in [1.29, 1.82) is 0 Å². The number of aromatic nitrogens is 2. The molecule has 3 heterocycles. The molecule has 3 aromatic heterocycles. The zero-order valence-corrected chi connectivity index (χ0v) is 28.8. The summed E-state index contributed by atoms with van der Waals surface area (Å²) in [5, 5.41) is 2.28. The minimum absolute atomic E-state index is 0.912. The van der Waals surface area contributed by atoms with Gasteiger partial charge >= 0.3 is 0 Å². The third kappa shape index (κ3) is 5.45. The monoisotopic (exact) mass is 679 g/mol. The van der Waals surface area contributed by atoms with Crippen molar-refractivity contribution in [3.63, 3.8) is 0 Å². The van der Waals surface area contributed by atoms with Gasteiger partial charge in [-0.2, -0.15) is 0 Å². The summed E-state index contributed by atoms with van der Waals surface area (Å²) in [5.41, 5.74) is 14.7. The van der Waals surface area contributed by atoms with Gasteiger partial charge in [0.15, 0.2) is 0 Å². The number of hydrogen-bond acceptors (Lipinski definition) is 3. The molecule has 7 aromatic carbocycles. The highest BCUT2D eigenvalue weighted by Gasteiger charge is 2.19. The predicted molar refractivity (Wildman–Crippen MR) is 219 cm³/mol. The van der Waals surface area contributed by atoms with Crippen LogP contribution < -0.4 is 4.90 Å². The number of benzene rings is 7. The van der Waals surface area contributed by atoms with Gasteiger partial charge in [0, 0.05) is 50.7 Å². The number of fused-ring (bicyclic) bond motifs is 4. The first kappa shape index (κ1) is 30.6. The molecular weight excluding hydrogens is 647 g/mol. The van der Waals surface area contributed by atoms with Crippen LogP contribution in [0.25, 0.3) is 72.4 Å². The average Bonchev–Trinajstić information content (AvgIpc) is 3.82. The molecule has 0 fully saturated rings. The Balaban J connectivity index is 1.00. The number of imidazole rings is 1. The molecule has 0 unspecified atom stereocenters. The largest absolute Gasteiger partial charge is 0.455 e. The first-order valence-electron chi connectivity index (χ1n) is 17.9. The fraction of sp³-hybridized carbons (Fsp3) is 0. The van der Waals surface area contributed by atoms with Gasteiger partial charge < -0.3 is 9.32 Å². The summed E-state index contributed by atoms with van der Waals surface area (Å²) >= 11 is 0. The van der Waals surface area contributed by atoms with E-state index in [-0.39, 0.29) is 0 Å². The van der Waals surface area contributed by atoms with Crippen LogP contribution in [0.1, 0.15) is 0 Å². The molecule has 0 aliphatic rings. The molecule has 0 atom stereocenters.